The molecule has 0 bridgehead atoms. The van der Waals surface area contributed by atoms with Gasteiger partial charge in [0.05, 0.1) is 57.6 Å². The van der Waals surface area contributed by atoms with Crippen LogP contribution < -0.4 is 63.1 Å². The van der Waals surface area contributed by atoms with E-state index in [9.17, 15) is 14.4 Å². The molecule has 30 nitrogen and oxygen atoms in total. The van der Waals surface area contributed by atoms with Crippen LogP contribution in [0.25, 0.3) is 32.7 Å². The van der Waals surface area contributed by atoms with Gasteiger partial charge < -0.3 is 72.9 Å². The summed E-state index contributed by atoms with van der Waals surface area (Å²) in [6.45, 7) is 14.1. The summed E-state index contributed by atoms with van der Waals surface area (Å²) in [4.78, 5) is 108. The lowest BCUT2D eigenvalue weighted by Gasteiger charge is -2.35. The van der Waals surface area contributed by atoms with Gasteiger partial charge in [-0.05, 0) is 70.8 Å². The van der Waals surface area contributed by atoms with Crippen LogP contribution in [-0.4, -0.2) is 240 Å². The molecule has 6 aliphatic rings. The van der Waals surface area contributed by atoms with Crippen LogP contribution in [0.3, 0.4) is 0 Å². The summed E-state index contributed by atoms with van der Waals surface area (Å²) in [7, 11) is 4.88. The largest absolute Gasteiger partial charge is 0.493 e. The number of carbonyl (C=O) groups excluding carboxylic acids is 3. The van der Waals surface area contributed by atoms with Crippen LogP contribution in [-0.2, 0) is 33.6 Å². The molecule has 1 N–H and O–H groups in total. The fourth-order valence-corrected chi connectivity index (χ4v) is 16.0. The van der Waals surface area contributed by atoms with Gasteiger partial charge in [0.15, 0.2) is 34.5 Å². The highest BCUT2D eigenvalue weighted by molar-refractivity contribution is 5.94. The number of amides is 3. The van der Waals surface area contributed by atoms with Gasteiger partial charge in [-0.3, -0.25) is 14.4 Å². The lowest BCUT2D eigenvalue weighted by molar-refractivity contribution is -0.128. The molecular weight excluding hydrogens is 1520 g/mol. The van der Waals surface area contributed by atoms with Crippen LogP contribution >= 0.6 is 0 Å². The third-order valence-electron chi connectivity index (χ3n) is 22.5. The minimum Gasteiger partial charge on any atom is -0.493 e. The van der Waals surface area contributed by atoms with Crippen molar-refractivity contribution >= 4 is 85.7 Å². The van der Waals surface area contributed by atoms with Crippen molar-refractivity contribution in [3.63, 3.8) is 0 Å². The van der Waals surface area contributed by atoms with E-state index < -0.39 is 0 Å². The van der Waals surface area contributed by atoms with Gasteiger partial charge in [-0.25, -0.2) is 59.8 Å². The fourth-order valence-electron chi connectivity index (χ4n) is 16.0. The van der Waals surface area contributed by atoms with Gasteiger partial charge in [0.2, 0.25) is 35.6 Å². The molecule has 6 saturated heterocycles. The number of benzene rings is 6. The number of nitrogens with one attached hydrogen (secondary N) is 1. The fraction of sp³-hybridized carbons (Fsp3) is 0.367. The molecule has 6 aliphatic heterocycles. The number of hydrogen-bond donors (Lipinski definition) is 1. The zero-order chi connectivity index (χ0) is 81.9. The van der Waals surface area contributed by atoms with Crippen LogP contribution in [0.5, 0.6) is 34.5 Å². The van der Waals surface area contributed by atoms with Gasteiger partial charge in [0, 0.05) is 214 Å². The van der Waals surface area contributed by atoms with Crippen LogP contribution in [0.4, 0.5) is 35.3 Å². The van der Waals surface area contributed by atoms with Crippen molar-refractivity contribution in [2.24, 2.45) is 5.92 Å². The molecule has 1 unspecified atom stereocenters. The number of carbonyl (C=O) groups is 3. The second kappa shape index (κ2) is 38.8. The second-order valence-electron chi connectivity index (χ2n) is 30.4. The molecule has 12 heterocycles. The second-order valence-corrected chi connectivity index (χ2v) is 30.4. The normalized spacial score (nSPS) is 16.3. The Morgan fingerprint density at radius 1 is 0.358 bits per heavy atom. The zero-order valence-corrected chi connectivity index (χ0v) is 68.0. The number of nitrogens with zero attached hydrogens (tertiary/aromatic N) is 20. The maximum absolute atomic E-state index is 11.9. The Morgan fingerprint density at radius 2 is 0.683 bits per heavy atom. The minimum absolute atomic E-state index is 0.0775. The van der Waals surface area contributed by atoms with E-state index in [1.807, 2.05) is 138 Å². The molecule has 12 aromatic rings. The van der Waals surface area contributed by atoms with E-state index in [4.69, 9.17) is 28.4 Å². The van der Waals surface area contributed by atoms with Gasteiger partial charge in [-0.15, -0.1) is 0 Å². The van der Waals surface area contributed by atoms with Crippen LogP contribution in [0, 0.1) is 5.92 Å². The van der Waals surface area contributed by atoms with Gasteiger partial charge >= 0.3 is 0 Å². The van der Waals surface area contributed by atoms with Gasteiger partial charge in [0.25, 0.3) is 0 Å². The standard InChI is InChI=1S/3C30H33N7O3/c1-39-26-18-25-24(17-27(26)40-15-14-35-9-5-8-28(35)38)29(34-21-33-25)36-10-12-37(13-11-36)30-31-19-23(20-32-30)16-22-6-3-2-4-7-22;1-39-26-17-24-25(18-27(26)40-15-14-35-9-5-8-28(35)38)33-21-34-29(24)36-10-12-37(13-11-36)30-31-19-23(20-32-30)16-22-6-3-2-4-7-22;1-39-26-16-25-24(15-27(26)40-19-22-7-8-31-28(38)14-22)29(35-20-34-25)36-9-11-37(12-10-36)30-32-17-23(18-33-30)13-21-5-3-2-4-6-21/h2*2-4,6-7,17-21H,5,8-16H2,1H3;2-6,15-18,20,22H,7-14,19H2,1H3,(H,31,38). The molecule has 0 spiro atoms. The molecule has 3 amide bonds. The van der Waals surface area contributed by atoms with E-state index >= 15 is 0 Å². The third kappa shape index (κ3) is 19.9. The van der Waals surface area contributed by atoms with Gasteiger partial charge in [-0.2, -0.15) is 0 Å². The van der Waals surface area contributed by atoms with E-state index in [-0.39, 0.29) is 23.6 Å². The van der Waals surface area contributed by atoms with Crippen molar-refractivity contribution < 1.29 is 42.8 Å². The average molecular weight is 1620 g/mol. The van der Waals surface area contributed by atoms with Crippen molar-refractivity contribution in [3.05, 3.63) is 217 Å². The molecule has 18 rings (SSSR count). The zero-order valence-electron chi connectivity index (χ0n) is 68.0. The first kappa shape index (κ1) is 80.4. The maximum atomic E-state index is 11.9. The van der Waals surface area contributed by atoms with Crippen LogP contribution in [0.2, 0.25) is 0 Å². The molecule has 0 saturated carbocycles. The van der Waals surface area contributed by atoms with Gasteiger partial charge in [0.1, 0.15) is 49.6 Å². The van der Waals surface area contributed by atoms with Crippen molar-refractivity contribution in [2.75, 3.05) is 182 Å². The summed E-state index contributed by atoms with van der Waals surface area (Å²) in [5, 5.41) is 5.61. The highest BCUT2D eigenvalue weighted by atomic mass is 16.5. The minimum atomic E-state index is 0.0775. The van der Waals surface area contributed by atoms with E-state index in [0.29, 0.717) is 93.2 Å². The number of anilines is 6. The number of aromatic nitrogens is 12. The molecular formula is C90H99N21O9. The molecule has 30 heteroatoms. The maximum Gasteiger partial charge on any atom is 0.225 e. The Bertz CT molecular complexity index is 5440. The number of rotatable bonds is 26. The molecule has 0 radical (unpaired) electrons. The number of likely N-dealkylation sites (tertiary alicyclic amines) is 2. The number of fused-ring (bicyclic) bond motifs is 3. The summed E-state index contributed by atoms with van der Waals surface area (Å²) in [5.41, 5.74) is 9.42. The molecule has 6 aromatic carbocycles. The first-order valence-corrected chi connectivity index (χ1v) is 41.2. The van der Waals surface area contributed by atoms with Crippen molar-refractivity contribution in [1.82, 2.24) is 74.9 Å². The Morgan fingerprint density at radius 3 is 1.02 bits per heavy atom. The molecule has 0 aliphatic carbocycles. The van der Waals surface area contributed by atoms with E-state index in [0.717, 1.165) is 215 Å². The van der Waals surface area contributed by atoms with E-state index in [1.54, 1.807) is 40.3 Å². The first-order chi connectivity index (χ1) is 59.0. The number of hydrogen-bond acceptors (Lipinski definition) is 27. The first-order valence-electron chi connectivity index (χ1n) is 41.2. The average Bonchev–Trinajstić information content (AvgIpc) is 0.896. The molecule has 618 valence electrons. The Kier molecular flexibility index (Phi) is 26.0. The number of piperidine rings is 1. The van der Waals surface area contributed by atoms with Crippen molar-refractivity contribution in [1.29, 1.82) is 0 Å². The number of piperazine rings is 3. The summed E-state index contributed by atoms with van der Waals surface area (Å²) in [6.07, 6.45) is 23.3. The smallest absolute Gasteiger partial charge is 0.225 e. The SMILES string of the molecule is COc1cc2c(N3CCN(c4ncc(Cc5ccccc5)cn4)CC3)ncnc2cc1OCCN1CCCC1=O.COc1cc2ncnc(N3CCN(c4ncc(Cc5ccccc5)cn4)CC3)c2cc1OCC1CCNC(=O)C1.COc1cc2ncnc(N3CCN(c4ncc(Cc5ccccc5)cn4)CC3)c2cc1OCCN1CCCC1=O. The molecule has 6 fully saturated rings. The Labute approximate surface area is 696 Å². The monoisotopic (exact) mass is 1620 g/mol. The molecule has 6 aromatic heterocycles. The highest BCUT2D eigenvalue weighted by Gasteiger charge is 2.30. The van der Waals surface area contributed by atoms with Crippen molar-refractivity contribution in [3.8, 4) is 34.5 Å². The summed E-state index contributed by atoms with van der Waals surface area (Å²) < 4.78 is 35.1. The third-order valence-corrected chi connectivity index (χ3v) is 22.5. The number of methoxy groups -OCH3 is 3. The lowest BCUT2D eigenvalue weighted by atomic mass is 9.99. The predicted octanol–water partition coefficient (Wildman–Crippen LogP) is 9.94. The predicted molar refractivity (Wildman–Crippen MR) is 459 cm³/mol. The Hall–Kier alpha value is -13.4. The Balaban J connectivity index is 0.000000134. The summed E-state index contributed by atoms with van der Waals surface area (Å²) >= 11 is 0. The topological polar surface area (TPSA) is 299 Å². The molecule has 1 atom stereocenters. The van der Waals surface area contributed by atoms with Crippen LogP contribution in [0.1, 0.15) is 71.9 Å². The quantitative estimate of drug-likeness (QED) is 0.0527. The summed E-state index contributed by atoms with van der Waals surface area (Å²) in [6, 6.07) is 42.6. The lowest BCUT2D eigenvalue weighted by Crippen LogP contribution is -2.47. The van der Waals surface area contributed by atoms with Crippen molar-refractivity contribution in [2.45, 2.75) is 57.8 Å². The summed E-state index contributed by atoms with van der Waals surface area (Å²) in [5.74, 6) is 9.24. The number of ether oxygens (including phenoxy) is 6. The van der Waals surface area contributed by atoms with E-state index in [1.165, 1.54) is 16.7 Å². The highest BCUT2D eigenvalue weighted by Crippen LogP contribution is 2.40. The van der Waals surface area contributed by atoms with E-state index in [2.05, 4.69) is 131 Å². The van der Waals surface area contributed by atoms with Gasteiger partial charge in [-0.1, -0.05) is 91.0 Å². The van der Waals surface area contributed by atoms with Crippen LogP contribution in [0.15, 0.2) is 184 Å². The molecule has 120 heavy (non-hydrogen) atoms.